The highest BCUT2D eigenvalue weighted by Gasteiger charge is 2.16. The number of para-hydroxylation sites is 1. The van der Waals surface area contributed by atoms with Gasteiger partial charge in [0.25, 0.3) is 0 Å². The second-order valence-corrected chi connectivity index (χ2v) is 6.19. The van der Waals surface area contributed by atoms with Crippen LogP contribution < -0.4 is 5.32 Å². The van der Waals surface area contributed by atoms with E-state index in [2.05, 4.69) is 21.4 Å². The Hall–Kier alpha value is -3.15. The Morgan fingerprint density at radius 2 is 2.00 bits per heavy atom. The molecule has 0 saturated heterocycles. The minimum absolute atomic E-state index is 0.140. The number of fused-ring (bicyclic) bond motifs is 2. The lowest BCUT2D eigenvalue weighted by Gasteiger charge is -2.07. The van der Waals surface area contributed by atoms with Gasteiger partial charge in [-0.05, 0) is 32.4 Å². The molecule has 6 heteroatoms. The van der Waals surface area contributed by atoms with Crippen LogP contribution in [-0.4, -0.2) is 20.4 Å². The highest BCUT2D eigenvalue weighted by atomic mass is 16.3. The molecule has 25 heavy (non-hydrogen) atoms. The van der Waals surface area contributed by atoms with Gasteiger partial charge in [-0.15, -0.1) is 0 Å². The van der Waals surface area contributed by atoms with Crippen LogP contribution in [0, 0.1) is 20.8 Å². The summed E-state index contributed by atoms with van der Waals surface area (Å²) < 4.78 is 7.54. The Morgan fingerprint density at radius 3 is 2.84 bits per heavy atom. The van der Waals surface area contributed by atoms with Crippen LogP contribution in [0.1, 0.15) is 16.9 Å². The zero-order chi connectivity index (χ0) is 17.6. The predicted molar refractivity (Wildman–Crippen MR) is 96.6 cm³/mol. The van der Waals surface area contributed by atoms with Crippen molar-refractivity contribution >= 4 is 33.7 Å². The molecule has 4 rings (SSSR count). The number of carbonyl (C=O) groups excluding carboxylic acids is 1. The fourth-order valence-electron chi connectivity index (χ4n) is 3.16. The quantitative estimate of drug-likeness (QED) is 0.619. The van der Waals surface area contributed by atoms with Gasteiger partial charge >= 0.3 is 0 Å². The minimum atomic E-state index is -0.140. The molecular weight excluding hydrogens is 316 g/mol. The molecule has 0 aliphatic carbocycles. The van der Waals surface area contributed by atoms with Crippen molar-refractivity contribution in [3.63, 3.8) is 0 Å². The summed E-state index contributed by atoms with van der Waals surface area (Å²) in [5.74, 6) is 1.12. The number of carbonyl (C=O) groups is 1. The molecule has 0 atom stereocenters. The van der Waals surface area contributed by atoms with Gasteiger partial charge in [-0.25, -0.2) is 9.97 Å². The largest absolute Gasteiger partial charge is 0.443 e. The van der Waals surface area contributed by atoms with Crippen molar-refractivity contribution in [2.24, 2.45) is 0 Å². The lowest BCUT2D eigenvalue weighted by atomic mass is 10.2. The number of amides is 1. The number of aryl methyl sites for hydroxylation is 3. The number of hydrogen-bond donors (Lipinski definition) is 1. The van der Waals surface area contributed by atoms with E-state index in [1.807, 2.05) is 49.7 Å². The molecule has 0 radical (unpaired) electrons. The molecule has 3 aromatic heterocycles. The SMILES string of the molecule is Cc1oc2ncnc(NC(=O)Cn3cc(C)c4ccccc43)c2c1C. The average molecular weight is 334 g/mol. The molecule has 0 bridgehead atoms. The van der Waals surface area contributed by atoms with Crippen LogP contribution >= 0.6 is 0 Å². The predicted octanol–water partition coefficient (Wildman–Crippen LogP) is 3.74. The molecule has 4 aromatic rings. The van der Waals surface area contributed by atoms with E-state index >= 15 is 0 Å². The number of nitrogens with zero attached hydrogens (tertiary/aromatic N) is 3. The van der Waals surface area contributed by atoms with Crippen molar-refractivity contribution in [1.82, 2.24) is 14.5 Å². The van der Waals surface area contributed by atoms with Crippen LogP contribution in [0.25, 0.3) is 22.0 Å². The van der Waals surface area contributed by atoms with Crippen LogP contribution in [0.2, 0.25) is 0 Å². The van der Waals surface area contributed by atoms with E-state index in [4.69, 9.17) is 4.42 Å². The van der Waals surface area contributed by atoms with Gasteiger partial charge < -0.3 is 14.3 Å². The Balaban J connectivity index is 1.65. The van der Waals surface area contributed by atoms with E-state index in [1.54, 1.807) is 0 Å². The van der Waals surface area contributed by atoms with E-state index in [0.29, 0.717) is 11.5 Å². The van der Waals surface area contributed by atoms with Crippen molar-refractivity contribution in [3.8, 4) is 0 Å². The third kappa shape index (κ3) is 2.55. The molecule has 0 saturated carbocycles. The summed E-state index contributed by atoms with van der Waals surface area (Å²) >= 11 is 0. The molecule has 1 amide bonds. The van der Waals surface area contributed by atoms with Gasteiger partial charge in [0.2, 0.25) is 11.6 Å². The molecular formula is C19H18N4O2. The standard InChI is InChI=1S/C19H18N4O2/c1-11-8-23(15-7-5-4-6-14(11)15)9-16(24)22-18-17-12(2)13(3)25-19(17)21-10-20-18/h4-8,10H,9H2,1-3H3,(H,20,21,22,24). The van der Waals surface area contributed by atoms with Crippen LogP contribution in [0.4, 0.5) is 5.82 Å². The van der Waals surface area contributed by atoms with Gasteiger partial charge in [-0.3, -0.25) is 4.79 Å². The summed E-state index contributed by atoms with van der Waals surface area (Å²) in [6.07, 6.45) is 3.39. The fourth-order valence-corrected chi connectivity index (χ4v) is 3.16. The number of furan rings is 1. The highest BCUT2D eigenvalue weighted by Crippen LogP contribution is 2.28. The number of hydrogen-bond acceptors (Lipinski definition) is 4. The summed E-state index contributed by atoms with van der Waals surface area (Å²) in [7, 11) is 0. The Bertz CT molecular complexity index is 1110. The molecule has 0 aliphatic rings. The van der Waals surface area contributed by atoms with Crippen LogP contribution in [0.5, 0.6) is 0 Å². The summed E-state index contributed by atoms with van der Waals surface area (Å²) in [5.41, 5.74) is 3.61. The molecule has 1 N–H and O–H groups in total. The van der Waals surface area contributed by atoms with E-state index < -0.39 is 0 Å². The Morgan fingerprint density at radius 1 is 1.20 bits per heavy atom. The van der Waals surface area contributed by atoms with E-state index in [9.17, 15) is 4.79 Å². The van der Waals surface area contributed by atoms with Crippen molar-refractivity contribution in [3.05, 3.63) is 53.7 Å². The van der Waals surface area contributed by atoms with Gasteiger partial charge in [0, 0.05) is 22.7 Å². The second kappa shape index (κ2) is 5.73. The lowest BCUT2D eigenvalue weighted by molar-refractivity contribution is -0.116. The number of aromatic nitrogens is 3. The molecule has 0 fully saturated rings. The molecule has 126 valence electrons. The highest BCUT2D eigenvalue weighted by molar-refractivity contribution is 6.00. The van der Waals surface area contributed by atoms with Crippen LogP contribution in [0.15, 0.2) is 41.2 Å². The van der Waals surface area contributed by atoms with Crippen molar-refractivity contribution in [1.29, 1.82) is 0 Å². The molecule has 0 unspecified atom stereocenters. The first kappa shape index (κ1) is 15.4. The molecule has 0 aliphatic heterocycles. The maximum atomic E-state index is 12.6. The van der Waals surface area contributed by atoms with Gasteiger partial charge in [0.05, 0.1) is 5.39 Å². The fraction of sp³-hybridized carbons (Fsp3) is 0.211. The average Bonchev–Trinajstić information content (AvgIpc) is 3.06. The van der Waals surface area contributed by atoms with Crippen LogP contribution in [0.3, 0.4) is 0 Å². The van der Waals surface area contributed by atoms with E-state index in [0.717, 1.165) is 33.2 Å². The zero-order valence-electron chi connectivity index (χ0n) is 14.3. The van der Waals surface area contributed by atoms with Crippen LogP contribution in [-0.2, 0) is 11.3 Å². The molecule has 3 heterocycles. The zero-order valence-corrected chi connectivity index (χ0v) is 14.3. The summed E-state index contributed by atoms with van der Waals surface area (Å²) in [6, 6.07) is 8.05. The number of rotatable bonds is 3. The lowest BCUT2D eigenvalue weighted by Crippen LogP contribution is -2.19. The first-order chi connectivity index (χ1) is 12.0. The van der Waals surface area contributed by atoms with Gasteiger partial charge in [0.1, 0.15) is 24.5 Å². The maximum absolute atomic E-state index is 12.6. The first-order valence-corrected chi connectivity index (χ1v) is 8.09. The van der Waals surface area contributed by atoms with Crippen molar-refractivity contribution in [2.45, 2.75) is 27.3 Å². The van der Waals surface area contributed by atoms with Gasteiger partial charge in [0.15, 0.2) is 0 Å². The van der Waals surface area contributed by atoms with E-state index in [1.165, 1.54) is 6.33 Å². The van der Waals surface area contributed by atoms with E-state index in [-0.39, 0.29) is 12.5 Å². The smallest absolute Gasteiger partial charge is 0.245 e. The normalized spacial score (nSPS) is 11.3. The monoisotopic (exact) mass is 334 g/mol. The third-order valence-electron chi connectivity index (χ3n) is 4.52. The third-order valence-corrected chi connectivity index (χ3v) is 4.52. The summed E-state index contributed by atoms with van der Waals surface area (Å²) in [6.45, 7) is 6.07. The second-order valence-electron chi connectivity index (χ2n) is 6.19. The summed E-state index contributed by atoms with van der Waals surface area (Å²) in [4.78, 5) is 20.9. The first-order valence-electron chi connectivity index (χ1n) is 8.09. The minimum Gasteiger partial charge on any atom is -0.443 e. The van der Waals surface area contributed by atoms with Crippen molar-refractivity contribution in [2.75, 3.05) is 5.32 Å². The summed E-state index contributed by atoms with van der Waals surface area (Å²) in [5, 5.41) is 4.80. The molecule has 0 spiro atoms. The van der Waals surface area contributed by atoms with Gasteiger partial charge in [-0.2, -0.15) is 0 Å². The maximum Gasteiger partial charge on any atom is 0.245 e. The van der Waals surface area contributed by atoms with Crippen molar-refractivity contribution < 1.29 is 9.21 Å². The number of benzene rings is 1. The number of anilines is 1. The topological polar surface area (TPSA) is 73.0 Å². The van der Waals surface area contributed by atoms with Gasteiger partial charge in [-0.1, -0.05) is 18.2 Å². The Labute approximate surface area is 144 Å². The number of nitrogens with one attached hydrogen (secondary N) is 1. The molecule has 1 aromatic carbocycles. The Kier molecular flexibility index (Phi) is 3.53. The molecule has 6 nitrogen and oxygen atoms in total.